The monoisotopic (exact) mass is 216 g/mol. The highest BCUT2D eigenvalue weighted by Crippen LogP contribution is 2.03. The molecule has 1 rings (SSSR count). The number of Topliss-reactive ketones (excluding diaryl/α,β-unsaturated/α-hetero) is 1. The Morgan fingerprint density at radius 3 is 2.57 bits per heavy atom. The standard InChI is InChI=1S/C10H10ClFO2/c11-5-10(13)7-14-6-8-1-3-9(12)4-2-8/h1-4H,5-7H2. The van der Waals surface area contributed by atoms with E-state index in [1.165, 1.54) is 12.1 Å². The molecule has 0 saturated heterocycles. The number of alkyl halides is 1. The number of halogens is 2. The van der Waals surface area contributed by atoms with E-state index in [1.807, 2.05) is 0 Å². The molecule has 0 aromatic heterocycles. The van der Waals surface area contributed by atoms with Gasteiger partial charge >= 0.3 is 0 Å². The maximum atomic E-state index is 12.5. The molecule has 76 valence electrons. The Hall–Kier alpha value is -0.930. The summed E-state index contributed by atoms with van der Waals surface area (Å²) in [6.45, 7) is 0.295. The minimum atomic E-state index is -0.286. The second-order valence-electron chi connectivity index (χ2n) is 2.79. The third-order valence-corrected chi connectivity index (χ3v) is 1.89. The van der Waals surface area contributed by atoms with Crippen LogP contribution in [0, 0.1) is 5.82 Å². The zero-order valence-corrected chi connectivity index (χ0v) is 8.26. The molecule has 0 saturated carbocycles. The lowest BCUT2D eigenvalue weighted by molar-refractivity contribution is -0.121. The molecule has 0 amide bonds. The van der Waals surface area contributed by atoms with Gasteiger partial charge in [-0.2, -0.15) is 0 Å². The average Bonchev–Trinajstić information content (AvgIpc) is 2.21. The molecule has 0 N–H and O–H groups in total. The summed E-state index contributed by atoms with van der Waals surface area (Å²) in [5.74, 6) is -0.483. The van der Waals surface area contributed by atoms with Crippen molar-refractivity contribution in [3.05, 3.63) is 35.6 Å². The first-order valence-electron chi connectivity index (χ1n) is 4.12. The number of carbonyl (C=O) groups is 1. The lowest BCUT2D eigenvalue weighted by Gasteiger charge is -2.01. The Balaban J connectivity index is 2.31. The van der Waals surface area contributed by atoms with E-state index in [1.54, 1.807) is 12.1 Å². The Morgan fingerprint density at radius 1 is 1.36 bits per heavy atom. The summed E-state index contributed by atoms with van der Waals surface area (Å²) >= 11 is 5.28. The van der Waals surface area contributed by atoms with Crippen LogP contribution in [0.5, 0.6) is 0 Å². The zero-order valence-electron chi connectivity index (χ0n) is 7.50. The van der Waals surface area contributed by atoms with Gasteiger partial charge in [0.25, 0.3) is 0 Å². The van der Waals surface area contributed by atoms with Crippen LogP contribution in [0.2, 0.25) is 0 Å². The predicted molar refractivity (Wildman–Crippen MR) is 51.8 cm³/mol. The fourth-order valence-electron chi connectivity index (χ4n) is 0.902. The van der Waals surface area contributed by atoms with E-state index >= 15 is 0 Å². The summed E-state index contributed by atoms with van der Waals surface area (Å²) in [5, 5.41) is 0. The van der Waals surface area contributed by atoms with Crippen molar-refractivity contribution in [1.29, 1.82) is 0 Å². The summed E-state index contributed by atoms with van der Waals surface area (Å²) in [4.78, 5) is 10.7. The molecule has 0 bridgehead atoms. The van der Waals surface area contributed by atoms with Crippen molar-refractivity contribution in [2.24, 2.45) is 0 Å². The van der Waals surface area contributed by atoms with Crippen molar-refractivity contribution in [3.63, 3.8) is 0 Å². The smallest absolute Gasteiger partial charge is 0.173 e. The van der Waals surface area contributed by atoms with Gasteiger partial charge in [-0.25, -0.2) is 4.39 Å². The first-order chi connectivity index (χ1) is 6.72. The molecule has 4 heteroatoms. The van der Waals surface area contributed by atoms with Gasteiger partial charge in [-0.15, -0.1) is 11.6 Å². The van der Waals surface area contributed by atoms with Crippen molar-refractivity contribution in [1.82, 2.24) is 0 Å². The molecular weight excluding hydrogens is 207 g/mol. The number of ether oxygens (including phenoxy) is 1. The Labute approximate surface area is 86.6 Å². The van der Waals surface area contributed by atoms with Crippen LogP contribution < -0.4 is 0 Å². The quantitative estimate of drug-likeness (QED) is 0.705. The number of benzene rings is 1. The summed E-state index contributed by atoms with van der Waals surface area (Å²) in [5.41, 5.74) is 0.828. The van der Waals surface area contributed by atoms with Gasteiger partial charge < -0.3 is 4.74 Å². The van der Waals surface area contributed by atoms with Gasteiger partial charge in [-0.1, -0.05) is 12.1 Å². The van der Waals surface area contributed by atoms with Crippen LogP contribution in [-0.4, -0.2) is 18.3 Å². The van der Waals surface area contributed by atoms with Crippen molar-refractivity contribution in [3.8, 4) is 0 Å². The van der Waals surface area contributed by atoms with Gasteiger partial charge in [0.15, 0.2) is 5.78 Å². The molecule has 1 aromatic rings. The molecule has 0 unspecified atom stereocenters. The molecule has 0 spiro atoms. The minimum absolute atomic E-state index is 0.000869. The van der Waals surface area contributed by atoms with E-state index in [0.29, 0.717) is 6.61 Å². The van der Waals surface area contributed by atoms with Crippen LogP contribution in [0.3, 0.4) is 0 Å². The van der Waals surface area contributed by atoms with Crippen molar-refractivity contribution in [2.45, 2.75) is 6.61 Å². The number of rotatable bonds is 5. The van der Waals surface area contributed by atoms with Crippen LogP contribution in [0.25, 0.3) is 0 Å². The molecule has 0 aliphatic carbocycles. The second-order valence-corrected chi connectivity index (χ2v) is 3.06. The lowest BCUT2D eigenvalue weighted by atomic mass is 10.2. The maximum Gasteiger partial charge on any atom is 0.173 e. The first-order valence-corrected chi connectivity index (χ1v) is 4.65. The molecule has 1 aromatic carbocycles. The number of ketones is 1. The van der Waals surface area contributed by atoms with Gasteiger partial charge in [0.1, 0.15) is 12.4 Å². The second kappa shape index (κ2) is 5.73. The van der Waals surface area contributed by atoms with Gasteiger partial charge in [-0.3, -0.25) is 4.79 Å². The van der Waals surface area contributed by atoms with Crippen LogP contribution in [0.4, 0.5) is 4.39 Å². The molecule has 0 atom stereocenters. The Bertz CT molecular complexity index is 297. The van der Waals surface area contributed by atoms with Gasteiger partial charge in [0.05, 0.1) is 12.5 Å². The molecular formula is C10H10ClFO2. The van der Waals surface area contributed by atoms with Crippen LogP contribution in [0.15, 0.2) is 24.3 Å². The summed E-state index contributed by atoms with van der Waals surface area (Å²) < 4.78 is 17.5. The van der Waals surface area contributed by atoms with Crippen molar-refractivity contribution < 1.29 is 13.9 Å². The maximum absolute atomic E-state index is 12.5. The lowest BCUT2D eigenvalue weighted by Crippen LogP contribution is -2.09. The Kier molecular flexibility index (Phi) is 4.56. The molecule has 2 nitrogen and oxygen atoms in total. The average molecular weight is 217 g/mol. The Morgan fingerprint density at radius 2 is 2.00 bits per heavy atom. The first kappa shape index (κ1) is 11.1. The summed E-state index contributed by atoms with van der Waals surface area (Å²) in [6.07, 6.45) is 0. The van der Waals surface area contributed by atoms with E-state index in [9.17, 15) is 9.18 Å². The third kappa shape index (κ3) is 3.85. The van der Waals surface area contributed by atoms with E-state index < -0.39 is 0 Å². The zero-order chi connectivity index (χ0) is 10.4. The van der Waals surface area contributed by atoms with Crippen LogP contribution in [-0.2, 0) is 16.1 Å². The van der Waals surface area contributed by atoms with Gasteiger partial charge in [0, 0.05) is 0 Å². The summed E-state index contributed by atoms with van der Waals surface area (Å²) in [6, 6.07) is 5.92. The molecule has 0 aliphatic heterocycles. The fourth-order valence-corrected chi connectivity index (χ4v) is 0.979. The SMILES string of the molecule is O=C(CCl)COCc1ccc(F)cc1. The van der Waals surface area contributed by atoms with E-state index in [-0.39, 0.29) is 24.1 Å². The van der Waals surface area contributed by atoms with Crippen LogP contribution >= 0.6 is 11.6 Å². The van der Waals surface area contributed by atoms with Gasteiger partial charge in [-0.05, 0) is 17.7 Å². The van der Waals surface area contributed by atoms with Gasteiger partial charge in [0.2, 0.25) is 0 Å². The largest absolute Gasteiger partial charge is 0.369 e. The van der Waals surface area contributed by atoms with E-state index in [4.69, 9.17) is 16.3 Å². The van der Waals surface area contributed by atoms with Crippen molar-refractivity contribution in [2.75, 3.05) is 12.5 Å². The highest BCUT2D eigenvalue weighted by molar-refractivity contribution is 6.27. The third-order valence-electron chi connectivity index (χ3n) is 1.59. The molecule has 0 fully saturated rings. The topological polar surface area (TPSA) is 26.3 Å². The van der Waals surface area contributed by atoms with E-state index in [2.05, 4.69) is 0 Å². The predicted octanol–water partition coefficient (Wildman–Crippen LogP) is 2.15. The van der Waals surface area contributed by atoms with E-state index in [0.717, 1.165) is 5.56 Å². The highest BCUT2D eigenvalue weighted by atomic mass is 35.5. The number of carbonyl (C=O) groups excluding carboxylic acids is 1. The molecule has 14 heavy (non-hydrogen) atoms. The fraction of sp³-hybridized carbons (Fsp3) is 0.300. The molecule has 0 radical (unpaired) electrons. The number of hydrogen-bond donors (Lipinski definition) is 0. The van der Waals surface area contributed by atoms with Crippen LogP contribution in [0.1, 0.15) is 5.56 Å². The minimum Gasteiger partial charge on any atom is -0.369 e. The molecule has 0 aliphatic rings. The normalized spacial score (nSPS) is 10.1. The number of hydrogen-bond acceptors (Lipinski definition) is 2. The molecule has 0 heterocycles. The summed E-state index contributed by atoms with van der Waals surface area (Å²) in [7, 11) is 0. The van der Waals surface area contributed by atoms with Crippen molar-refractivity contribution >= 4 is 17.4 Å². The highest BCUT2D eigenvalue weighted by Gasteiger charge is 1.99.